The Hall–Kier alpha value is -2.88. The van der Waals surface area contributed by atoms with Crippen molar-refractivity contribution in [2.24, 2.45) is 5.92 Å². The quantitative estimate of drug-likeness (QED) is 0.294. The number of anilines is 2. The normalized spacial score (nSPS) is 16.3. The van der Waals surface area contributed by atoms with E-state index in [0.717, 1.165) is 59.4 Å². The number of piperidine rings is 1. The highest BCUT2D eigenvalue weighted by Crippen LogP contribution is 2.37. The molecule has 1 aliphatic heterocycles. The number of carbonyl (C=O) groups is 2. The lowest BCUT2D eigenvalue weighted by molar-refractivity contribution is -0.126. The molecule has 0 spiro atoms. The van der Waals surface area contributed by atoms with Gasteiger partial charge in [0.15, 0.2) is 5.78 Å². The number of allylic oxidation sites excluding steroid dienone is 1. The molecule has 2 aromatic heterocycles. The third-order valence-electron chi connectivity index (χ3n) is 6.74. The highest BCUT2D eigenvalue weighted by Gasteiger charge is 2.24. The van der Waals surface area contributed by atoms with Crippen LogP contribution in [0.4, 0.5) is 15.9 Å². The summed E-state index contributed by atoms with van der Waals surface area (Å²) in [6.07, 6.45) is 9.80. The number of halogens is 2. The lowest BCUT2D eigenvalue weighted by Gasteiger charge is -2.30. The summed E-state index contributed by atoms with van der Waals surface area (Å²) in [7, 11) is 1.67. The minimum Gasteiger partial charge on any atom is -0.359 e. The van der Waals surface area contributed by atoms with E-state index in [-0.39, 0.29) is 22.6 Å². The first-order chi connectivity index (χ1) is 18.4. The third-order valence-corrected chi connectivity index (χ3v) is 8.23. The Balaban J connectivity index is 1.42. The van der Waals surface area contributed by atoms with Crippen molar-refractivity contribution in [1.29, 1.82) is 0 Å². The van der Waals surface area contributed by atoms with Crippen molar-refractivity contribution >= 4 is 56.4 Å². The molecular weight excluding hydrogens is 525 g/mol. The predicted octanol–water partition coefficient (Wildman–Crippen LogP) is 5.70. The number of rotatable bonds is 11. The van der Waals surface area contributed by atoms with Gasteiger partial charge in [-0.3, -0.25) is 14.5 Å². The van der Waals surface area contributed by atoms with Gasteiger partial charge in [-0.25, -0.2) is 14.4 Å². The fourth-order valence-electron chi connectivity index (χ4n) is 4.85. The minimum atomic E-state index is -0.475. The van der Waals surface area contributed by atoms with Crippen LogP contribution >= 0.6 is 22.9 Å². The predicted molar refractivity (Wildman–Crippen MR) is 152 cm³/mol. The highest BCUT2D eigenvalue weighted by molar-refractivity contribution is 7.19. The van der Waals surface area contributed by atoms with Crippen LogP contribution in [0.15, 0.2) is 36.7 Å². The number of amides is 1. The number of ketones is 1. The van der Waals surface area contributed by atoms with E-state index in [4.69, 9.17) is 11.6 Å². The third kappa shape index (κ3) is 6.95. The maximum Gasteiger partial charge on any atom is 0.224 e. The number of thiophene rings is 1. The Bertz CT molecular complexity index is 1330. The number of benzene rings is 1. The van der Waals surface area contributed by atoms with Crippen molar-refractivity contribution in [3.8, 4) is 0 Å². The molecule has 1 aromatic carbocycles. The molecule has 38 heavy (non-hydrogen) atoms. The van der Waals surface area contributed by atoms with E-state index in [2.05, 4.69) is 32.4 Å². The summed E-state index contributed by atoms with van der Waals surface area (Å²) < 4.78 is 13.6. The van der Waals surface area contributed by atoms with Crippen molar-refractivity contribution in [2.75, 3.05) is 32.0 Å². The molecule has 2 N–H and O–H groups in total. The van der Waals surface area contributed by atoms with Crippen LogP contribution in [0.1, 0.15) is 43.0 Å². The standard InChI is InChI=1S/C28H33ClFN5O2S/c1-3-6-21-24(12-10-20(36)8-5-14-35-13-4-7-18(16-35)27(37)31-2)38-28-25(21)26(32-17-33-28)34-19-9-11-23(30)22(29)15-19/h5,8-9,11,15,17-18H,3-4,6-7,10,12-14,16H2,1-2H3,(H,31,37)(H,32,33,34)/b8-5+. The molecule has 3 heterocycles. The number of fused-ring (bicyclic) bond motifs is 1. The molecule has 1 saturated heterocycles. The summed E-state index contributed by atoms with van der Waals surface area (Å²) >= 11 is 7.55. The lowest BCUT2D eigenvalue weighted by Crippen LogP contribution is -2.42. The van der Waals surface area contributed by atoms with E-state index in [9.17, 15) is 14.0 Å². The second-order valence-corrected chi connectivity index (χ2v) is 11.0. The molecule has 0 aliphatic carbocycles. The van der Waals surface area contributed by atoms with E-state index in [1.807, 2.05) is 6.08 Å². The van der Waals surface area contributed by atoms with Gasteiger partial charge in [0.1, 0.15) is 22.8 Å². The molecule has 1 unspecified atom stereocenters. The van der Waals surface area contributed by atoms with Crippen LogP contribution in [0.3, 0.4) is 0 Å². The molecule has 0 saturated carbocycles. The van der Waals surface area contributed by atoms with Gasteiger partial charge in [0.05, 0.1) is 16.3 Å². The summed E-state index contributed by atoms with van der Waals surface area (Å²) in [6.45, 7) is 4.45. The molecule has 0 radical (unpaired) electrons. The fourth-order valence-corrected chi connectivity index (χ4v) is 6.22. The molecule has 10 heteroatoms. The number of aromatic nitrogens is 2. The lowest BCUT2D eigenvalue weighted by atomic mass is 9.97. The zero-order valence-electron chi connectivity index (χ0n) is 21.7. The van der Waals surface area contributed by atoms with Gasteiger partial charge in [-0.05, 0) is 62.1 Å². The summed E-state index contributed by atoms with van der Waals surface area (Å²) in [5.74, 6) is 0.356. The molecule has 1 atom stereocenters. The van der Waals surface area contributed by atoms with Crippen molar-refractivity contribution in [3.05, 3.63) is 58.0 Å². The molecule has 0 bridgehead atoms. The maximum atomic E-state index is 13.6. The number of nitrogens with zero attached hydrogens (tertiary/aromatic N) is 3. The first-order valence-electron chi connectivity index (χ1n) is 13.0. The zero-order valence-corrected chi connectivity index (χ0v) is 23.3. The summed E-state index contributed by atoms with van der Waals surface area (Å²) in [5.41, 5.74) is 1.79. The Morgan fingerprint density at radius 3 is 2.89 bits per heavy atom. The molecule has 4 rings (SSSR count). The Morgan fingerprint density at radius 2 is 2.13 bits per heavy atom. The van der Waals surface area contributed by atoms with Crippen molar-refractivity contribution in [1.82, 2.24) is 20.2 Å². The SMILES string of the molecule is CCCc1c(CCC(=O)/C=C/CN2CCCC(C(=O)NC)C2)sc2ncnc(Nc3ccc(F)c(Cl)c3)c12. The molecule has 3 aromatic rings. The fraction of sp³-hybridized carbons (Fsp3) is 0.429. The molecule has 202 valence electrons. The van der Waals surface area contributed by atoms with E-state index in [1.165, 1.54) is 18.5 Å². The monoisotopic (exact) mass is 557 g/mol. The Labute approximate surface area is 231 Å². The summed E-state index contributed by atoms with van der Waals surface area (Å²) in [5, 5.41) is 6.98. The van der Waals surface area contributed by atoms with Gasteiger partial charge in [0.25, 0.3) is 0 Å². The van der Waals surface area contributed by atoms with Crippen LogP contribution in [-0.2, 0) is 22.4 Å². The number of hydrogen-bond donors (Lipinski definition) is 2. The average molecular weight is 558 g/mol. The van der Waals surface area contributed by atoms with Crippen LogP contribution in [0.5, 0.6) is 0 Å². The largest absolute Gasteiger partial charge is 0.359 e. The first kappa shape index (κ1) is 28.1. The Morgan fingerprint density at radius 1 is 1.29 bits per heavy atom. The van der Waals surface area contributed by atoms with Gasteiger partial charge in [0, 0.05) is 37.1 Å². The number of nitrogens with one attached hydrogen (secondary N) is 2. The molecular formula is C28H33ClFN5O2S. The maximum absolute atomic E-state index is 13.6. The van der Waals surface area contributed by atoms with Crippen LogP contribution in [-0.4, -0.2) is 53.2 Å². The van der Waals surface area contributed by atoms with Crippen LogP contribution < -0.4 is 10.6 Å². The first-order valence-corrected chi connectivity index (χ1v) is 14.2. The van der Waals surface area contributed by atoms with Gasteiger partial charge < -0.3 is 10.6 Å². The molecule has 7 nitrogen and oxygen atoms in total. The number of hydrogen-bond acceptors (Lipinski definition) is 7. The summed E-state index contributed by atoms with van der Waals surface area (Å²) in [4.78, 5) is 37.8. The second-order valence-electron chi connectivity index (χ2n) is 9.49. The van der Waals surface area contributed by atoms with Gasteiger partial charge in [-0.2, -0.15) is 0 Å². The smallest absolute Gasteiger partial charge is 0.224 e. The van der Waals surface area contributed by atoms with Gasteiger partial charge in [0.2, 0.25) is 5.91 Å². The van der Waals surface area contributed by atoms with Gasteiger partial charge >= 0.3 is 0 Å². The number of carbonyl (C=O) groups excluding carboxylic acids is 2. The van der Waals surface area contributed by atoms with E-state index in [0.29, 0.717) is 30.9 Å². The minimum absolute atomic E-state index is 0.0188. The molecule has 1 amide bonds. The van der Waals surface area contributed by atoms with Gasteiger partial charge in [-0.1, -0.05) is 31.0 Å². The number of likely N-dealkylation sites (tertiary alicyclic amines) is 1. The van der Waals surface area contributed by atoms with Crippen LogP contribution in [0.25, 0.3) is 10.2 Å². The van der Waals surface area contributed by atoms with Crippen LogP contribution in [0, 0.1) is 11.7 Å². The topological polar surface area (TPSA) is 87.2 Å². The van der Waals surface area contributed by atoms with Crippen molar-refractivity contribution in [2.45, 2.75) is 45.4 Å². The van der Waals surface area contributed by atoms with E-state index in [1.54, 1.807) is 30.5 Å². The summed E-state index contributed by atoms with van der Waals surface area (Å²) in [6, 6.07) is 4.47. The highest BCUT2D eigenvalue weighted by atomic mass is 35.5. The molecule has 1 fully saturated rings. The zero-order chi connectivity index (χ0) is 27.1. The Kier molecular flexibility index (Phi) is 9.82. The van der Waals surface area contributed by atoms with E-state index >= 15 is 0 Å². The molecule has 1 aliphatic rings. The van der Waals surface area contributed by atoms with Crippen molar-refractivity contribution in [3.63, 3.8) is 0 Å². The average Bonchev–Trinajstić information content (AvgIpc) is 3.27. The van der Waals surface area contributed by atoms with Crippen molar-refractivity contribution < 1.29 is 14.0 Å². The van der Waals surface area contributed by atoms with Crippen LogP contribution in [0.2, 0.25) is 5.02 Å². The number of aryl methyl sites for hydroxylation is 2. The second kappa shape index (κ2) is 13.3. The van der Waals surface area contributed by atoms with Gasteiger partial charge in [-0.15, -0.1) is 11.3 Å². The van der Waals surface area contributed by atoms with E-state index < -0.39 is 5.82 Å².